The molecule has 0 radical (unpaired) electrons. The van der Waals surface area contributed by atoms with Crippen LogP contribution in [0.4, 0.5) is 11.4 Å². The maximum atomic E-state index is 12.4. The molecule has 0 heterocycles. The zero-order valence-corrected chi connectivity index (χ0v) is 11.1. The van der Waals surface area contributed by atoms with E-state index in [9.17, 15) is 14.9 Å². The predicted octanol–water partition coefficient (Wildman–Crippen LogP) is 2.87. The van der Waals surface area contributed by atoms with Crippen LogP contribution in [0.2, 0.25) is 0 Å². The minimum atomic E-state index is -0.416. The van der Waals surface area contributed by atoms with Crippen LogP contribution >= 0.6 is 0 Å². The van der Waals surface area contributed by atoms with Crippen LogP contribution < -0.4 is 4.90 Å². The molecule has 0 saturated carbocycles. The molecule has 2 aromatic rings. The lowest BCUT2D eigenvalue weighted by molar-refractivity contribution is -0.384. The Morgan fingerprint density at radius 3 is 2.25 bits per heavy atom. The van der Waals surface area contributed by atoms with Crippen LogP contribution in [0, 0.1) is 10.1 Å². The van der Waals surface area contributed by atoms with Crippen LogP contribution in [0.15, 0.2) is 36.4 Å². The highest BCUT2D eigenvalue weighted by Gasteiger charge is 2.30. The Morgan fingerprint density at radius 1 is 1.00 bits per heavy atom. The third kappa shape index (κ3) is 1.60. The number of rotatable bonds is 2. The standard InChI is InChI=1S/C15H12N2O3/c1-16(2)13-8-12-11(7-14(13)17(19)20)9-5-3-4-6-10(9)15(12)18/h3-8H,1-2H3. The summed E-state index contributed by atoms with van der Waals surface area (Å²) < 4.78 is 0. The highest BCUT2D eigenvalue weighted by Crippen LogP contribution is 2.42. The maximum Gasteiger partial charge on any atom is 0.293 e. The van der Waals surface area contributed by atoms with Gasteiger partial charge in [-0.1, -0.05) is 24.3 Å². The van der Waals surface area contributed by atoms with Gasteiger partial charge in [-0.25, -0.2) is 0 Å². The monoisotopic (exact) mass is 268 g/mol. The molecular formula is C15H12N2O3. The summed E-state index contributed by atoms with van der Waals surface area (Å²) in [5.41, 5.74) is 2.99. The van der Waals surface area contributed by atoms with E-state index in [0.29, 0.717) is 22.4 Å². The van der Waals surface area contributed by atoms with Gasteiger partial charge in [0.1, 0.15) is 5.69 Å². The first-order valence-electron chi connectivity index (χ1n) is 6.14. The Bertz CT molecular complexity index is 751. The normalized spacial score (nSPS) is 12.0. The second-order valence-corrected chi connectivity index (χ2v) is 4.91. The molecule has 0 N–H and O–H groups in total. The molecule has 0 fully saturated rings. The third-order valence-corrected chi connectivity index (χ3v) is 3.50. The number of hydrogen-bond donors (Lipinski definition) is 0. The van der Waals surface area contributed by atoms with Crippen LogP contribution in [-0.4, -0.2) is 24.8 Å². The van der Waals surface area contributed by atoms with Crippen LogP contribution in [0.5, 0.6) is 0 Å². The van der Waals surface area contributed by atoms with Gasteiger partial charge in [0, 0.05) is 36.9 Å². The number of hydrogen-bond acceptors (Lipinski definition) is 4. The molecule has 3 rings (SSSR count). The van der Waals surface area contributed by atoms with Crippen molar-refractivity contribution in [2.75, 3.05) is 19.0 Å². The lowest BCUT2D eigenvalue weighted by Crippen LogP contribution is -2.12. The zero-order valence-electron chi connectivity index (χ0n) is 11.1. The molecule has 0 amide bonds. The number of carbonyl (C=O) groups excluding carboxylic acids is 1. The fourth-order valence-corrected chi connectivity index (χ4v) is 2.55. The summed E-state index contributed by atoms with van der Waals surface area (Å²) in [6, 6.07) is 10.3. The third-order valence-electron chi connectivity index (χ3n) is 3.50. The first kappa shape index (κ1) is 12.3. The first-order valence-corrected chi connectivity index (χ1v) is 6.14. The average Bonchev–Trinajstić information content (AvgIpc) is 2.71. The van der Waals surface area contributed by atoms with E-state index in [2.05, 4.69) is 0 Å². The molecule has 1 aliphatic rings. The Morgan fingerprint density at radius 2 is 1.65 bits per heavy atom. The lowest BCUT2D eigenvalue weighted by Gasteiger charge is -2.14. The number of carbonyl (C=O) groups is 1. The number of benzene rings is 2. The van der Waals surface area contributed by atoms with Crippen molar-refractivity contribution in [2.24, 2.45) is 0 Å². The number of fused-ring (bicyclic) bond motifs is 3. The summed E-state index contributed by atoms with van der Waals surface area (Å²) in [5, 5.41) is 11.2. The van der Waals surface area contributed by atoms with E-state index >= 15 is 0 Å². The van der Waals surface area contributed by atoms with E-state index in [1.54, 1.807) is 37.2 Å². The molecule has 1 aliphatic carbocycles. The van der Waals surface area contributed by atoms with Crippen molar-refractivity contribution in [3.63, 3.8) is 0 Å². The fraction of sp³-hybridized carbons (Fsp3) is 0.133. The molecule has 2 aromatic carbocycles. The summed E-state index contributed by atoms with van der Waals surface area (Å²) >= 11 is 0. The van der Waals surface area contributed by atoms with Gasteiger partial charge in [0.15, 0.2) is 5.78 Å². The van der Waals surface area contributed by atoms with E-state index in [1.807, 2.05) is 12.1 Å². The number of nitrogens with zero attached hydrogens (tertiary/aromatic N) is 2. The summed E-state index contributed by atoms with van der Waals surface area (Å²) in [6.45, 7) is 0. The topological polar surface area (TPSA) is 63.4 Å². The minimum absolute atomic E-state index is 0.0123. The van der Waals surface area contributed by atoms with Crippen molar-refractivity contribution < 1.29 is 9.72 Å². The predicted molar refractivity (Wildman–Crippen MR) is 76.3 cm³/mol. The van der Waals surface area contributed by atoms with E-state index in [1.165, 1.54) is 6.07 Å². The van der Waals surface area contributed by atoms with Crippen molar-refractivity contribution in [3.8, 4) is 11.1 Å². The largest absolute Gasteiger partial charge is 0.372 e. The van der Waals surface area contributed by atoms with Crippen LogP contribution in [0.25, 0.3) is 11.1 Å². The van der Waals surface area contributed by atoms with Gasteiger partial charge in [0.05, 0.1) is 4.92 Å². The Labute approximate surface area is 115 Å². The molecule has 0 saturated heterocycles. The van der Waals surface area contributed by atoms with E-state index in [-0.39, 0.29) is 11.5 Å². The highest BCUT2D eigenvalue weighted by molar-refractivity contribution is 6.22. The Balaban J connectivity index is 2.33. The summed E-state index contributed by atoms with van der Waals surface area (Å²) in [6.07, 6.45) is 0. The van der Waals surface area contributed by atoms with Crippen molar-refractivity contribution in [3.05, 3.63) is 57.6 Å². The molecule has 20 heavy (non-hydrogen) atoms. The summed E-state index contributed by atoms with van der Waals surface area (Å²) in [7, 11) is 3.45. The molecular weight excluding hydrogens is 256 g/mol. The van der Waals surface area contributed by atoms with Crippen molar-refractivity contribution in [1.29, 1.82) is 0 Å². The molecule has 100 valence electrons. The highest BCUT2D eigenvalue weighted by atomic mass is 16.6. The Hall–Kier alpha value is -2.69. The van der Waals surface area contributed by atoms with Gasteiger partial charge in [0.2, 0.25) is 0 Å². The molecule has 5 heteroatoms. The lowest BCUT2D eigenvalue weighted by atomic mass is 10.0. The van der Waals surface area contributed by atoms with Gasteiger partial charge in [0.25, 0.3) is 5.69 Å². The summed E-state index contributed by atoms with van der Waals surface area (Å²) in [4.78, 5) is 24.8. The van der Waals surface area contributed by atoms with Crippen LogP contribution in [0.3, 0.4) is 0 Å². The van der Waals surface area contributed by atoms with Gasteiger partial charge >= 0.3 is 0 Å². The number of nitro benzene ring substituents is 1. The second kappa shape index (κ2) is 4.16. The molecule has 0 aliphatic heterocycles. The van der Waals surface area contributed by atoms with Crippen molar-refractivity contribution in [1.82, 2.24) is 0 Å². The van der Waals surface area contributed by atoms with Gasteiger partial charge in [-0.2, -0.15) is 0 Å². The van der Waals surface area contributed by atoms with Gasteiger partial charge < -0.3 is 4.90 Å². The molecule has 5 nitrogen and oxygen atoms in total. The van der Waals surface area contributed by atoms with E-state index in [4.69, 9.17) is 0 Å². The minimum Gasteiger partial charge on any atom is -0.372 e. The number of ketones is 1. The van der Waals surface area contributed by atoms with Crippen LogP contribution in [0.1, 0.15) is 15.9 Å². The van der Waals surface area contributed by atoms with E-state index in [0.717, 1.165) is 5.56 Å². The smallest absolute Gasteiger partial charge is 0.293 e. The van der Waals surface area contributed by atoms with Crippen LogP contribution in [-0.2, 0) is 0 Å². The van der Waals surface area contributed by atoms with Gasteiger partial charge in [-0.3, -0.25) is 14.9 Å². The number of anilines is 1. The molecule has 0 atom stereocenters. The quantitative estimate of drug-likeness (QED) is 0.529. The maximum absolute atomic E-state index is 12.4. The van der Waals surface area contributed by atoms with Gasteiger partial charge in [-0.05, 0) is 11.6 Å². The average molecular weight is 268 g/mol. The molecule has 0 unspecified atom stereocenters. The zero-order chi connectivity index (χ0) is 14.4. The molecule has 0 spiro atoms. The second-order valence-electron chi connectivity index (χ2n) is 4.91. The van der Waals surface area contributed by atoms with Crippen molar-refractivity contribution >= 4 is 17.2 Å². The summed E-state index contributed by atoms with van der Waals surface area (Å²) in [5.74, 6) is -0.0754. The molecule has 0 bridgehead atoms. The Kier molecular flexibility index (Phi) is 2.57. The fourth-order valence-electron chi connectivity index (χ4n) is 2.55. The first-order chi connectivity index (χ1) is 9.50. The SMILES string of the molecule is CN(C)c1cc2c(cc1[N+](=O)[O-])-c1ccccc1C2=O. The van der Waals surface area contributed by atoms with E-state index < -0.39 is 4.92 Å². The van der Waals surface area contributed by atoms with Crippen molar-refractivity contribution in [2.45, 2.75) is 0 Å². The number of nitro groups is 1. The molecule has 0 aromatic heterocycles. The van der Waals surface area contributed by atoms with Gasteiger partial charge in [-0.15, -0.1) is 0 Å².